The molecule has 126 valence electrons. The minimum Gasteiger partial charge on any atom is -0.481 e. The molecule has 24 heavy (non-hydrogen) atoms. The molecule has 1 fully saturated rings. The van der Waals surface area contributed by atoms with Crippen molar-refractivity contribution in [3.63, 3.8) is 0 Å². The molecule has 7 nitrogen and oxygen atoms in total. The van der Waals surface area contributed by atoms with E-state index in [-0.39, 0.29) is 24.8 Å². The number of aromatic nitrogens is 1. The lowest BCUT2D eigenvalue weighted by molar-refractivity contribution is -0.151. The molecule has 2 heterocycles. The highest BCUT2D eigenvalue weighted by Crippen LogP contribution is 2.32. The van der Waals surface area contributed by atoms with Crippen LogP contribution in [0.4, 0.5) is 0 Å². The van der Waals surface area contributed by atoms with Gasteiger partial charge in [0.1, 0.15) is 11.7 Å². The Bertz CT molecular complexity index is 742. The summed E-state index contributed by atoms with van der Waals surface area (Å²) in [7, 11) is 1.46. The van der Waals surface area contributed by atoms with Crippen molar-refractivity contribution in [3.05, 3.63) is 42.3 Å². The first-order chi connectivity index (χ1) is 11.6. The molecule has 1 aliphatic heterocycles. The average molecular weight is 330 g/mol. The van der Waals surface area contributed by atoms with Gasteiger partial charge in [0.15, 0.2) is 5.69 Å². The minimum atomic E-state index is -1.06. The number of carbonyl (C=O) groups is 2. The maximum atomic E-state index is 12.6. The maximum absolute atomic E-state index is 12.6. The fraction of sp³-hybridized carbons (Fsp3) is 0.353. The molecule has 1 amide bonds. The number of oxazole rings is 1. The lowest BCUT2D eigenvalue weighted by atomic mass is 9.88. The number of methoxy groups -OCH3 is 1. The van der Waals surface area contributed by atoms with Gasteiger partial charge in [-0.2, -0.15) is 0 Å². The van der Waals surface area contributed by atoms with E-state index in [1.807, 2.05) is 30.3 Å². The lowest BCUT2D eigenvalue weighted by Crippen LogP contribution is -2.40. The number of carboxylic acids is 1. The molecular weight excluding hydrogens is 312 g/mol. The van der Waals surface area contributed by atoms with E-state index >= 15 is 0 Å². The van der Waals surface area contributed by atoms with Crippen molar-refractivity contribution in [1.29, 1.82) is 0 Å². The van der Waals surface area contributed by atoms with Crippen LogP contribution in [-0.4, -0.2) is 53.7 Å². The van der Waals surface area contributed by atoms with Crippen molar-refractivity contribution in [2.24, 2.45) is 5.41 Å². The Morgan fingerprint density at radius 1 is 1.38 bits per heavy atom. The van der Waals surface area contributed by atoms with Gasteiger partial charge >= 0.3 is 5.97 Å². The first-order valence-corrected chi connectivity index (χ1v) is 7.58. The zero-order valence-electron chi connectivity index (χ0n) is 13.3. The molecule has 2 aromatic rings. The Morgan fingerprint density at radius 2 is 2.12 bits per heavy atom. The standard InChI is InChI=1S/C17H18N2O5/c1-23-11-17(16(21)22)7-8-19(10-17)15(20)13-9-24-14(18-13)12-5-3-2-4-6-12/h2-6,9H,7-8,10-11H2,1H3,(H,21,22). The number of ether oxygens (including phenoxy) is 1. The van der Waals surface area contributed by atoms with Crippen LogP contribution < -0.4 is 0 Å². The summed E-state index contributed by atoms with van der Waals surface area (Å²) >= 11 is 0. The van der Waals surface area contributed by atoms with Gasteiger partial charge in [0.2, 0.25) is 5.89 Å². The van der Waals surface area contributed by atoms with Crippen LogP contribution in [0.15, 0.2) is 41.0 Å². The summed E-state index contributed by atoms with van der Waals surface area (Å²) < 4.78 is 10.4. The van der Waals surface area contributed by atoms with Crippen LogP contribution in [0.5, 0.6) is 0 Å². The van der Waals surface area contributed by atoms with Gasteiger partial charge in [-0.05, 0) is 18.6 Å². The SMILES string of the molecule is COCC1(C(=O)O)CCN(C(=O)c2coc(-c3ccccc3)n2)C1. The first kappa shape index (κ1) is 16.2. The van der Waals surface area contributed by atoms with E-state index in [0.717, 1.165) is 5.56 Å². The molecule has 1 unspecified atom stereocenters. The van der Waals surface area contributed by atoms with E-state index in [2.05, 4.69) is 4.98 Å². The monoisotopic (exact) mass is 330 g/mol. The highest BCUT2D eigenvalue weighted by molar-refractivity contribution is 5.93. The van der Waals surface area contributed by atoms with Gasteiger partial charge in [0.25, 0.3) is 5.91 Å². The third-order valence-electron chi connectivity index (χ3n) is 4.26. The van der Waals surface area contributed by atoms with Crippen molar-refractivity contribution < 1.29 is 23.8 Å². The number of carboxylic acid groups (broad SMARTS) is 1. The Labute approximate surface area is 138 Å². The normalized spacial score (nSPS) is 20.3. The number of nitrogens with zero attached hydrogens (tertiary/aromatic N) is 2. The van der Waals surface area contributed by atoms with Gasteiger partial charge < -0.3 is 19.2 Å². The predicted molar refractivity (Wildman–Crippen MR) is 84.4 cm³/mol. The zero-order chi connectivity index (χ0) is 17.2. The van der Waals surface area contributed by atoms with Gasteiger partial charge in [-0.1, -0.05) is 18.2 Å². The molecular formula is C17H18N2O5. The number of hydrogen-bond donors (Lipinski definition) is 1. The Hall–Kier alpha value is -2.67. The highest BCUT2D eigenvalue weighted by Gasteiger charge is 2.46. The summed E-state index contributed by atoms with van der Waals surface area (Å²) in [5.41, 5.74) is -0.110. The molecule has 3 rings (SSSR count). The van der Waals surface area contributed by atoms with Crippen LogP contribution in [0.1, 0.15) is 16.9 Å². The van der Waals surface area contributed by atoms with Crippen molar-refractivity contribution in [1.82, 2.24) is 9.88 Å². The number of benzene rings is 1. The van der Waals surface area contributed by atoms with E-state index in [1.165, 1.54) is 18.3 Å². The van der Waals surface area contributed by atoms with Crippen molar-refractivity contribution >= 4 is 11.9 Å². The van der Waals surface area contributed by atoms with Crippen molar-refractivity contribution in [2.75, 3.05) is 26.8 Å². The molecule has 1 aliphatic rings. The zero-order valence-corrected chi connectivity index (χ0v) is 13.3. The first-order valence-electron chi connectivity index (χ1n) is 7.58. The molecule has 0 bridgehead atoms. The van der Waals surface area contributed by atoms with Crippen LogP contribution in [-0.2, 0) is 9.53 Å². The Kier molecular flexibility index (Phi) is 4.35. The van der Waals surface area contributed by atoms with Gasteiger partial charge in [-0.25, -0.2) is 4.98 Å². The summed E-state index contributed by atoms with van der Waals surface area (Å²) in [6, 6.07) is 9.26. The predicted octanol–water partition coefficient (Wildman–Crippen LogP) is 1.90. The third-order valence-corrected chi connectivity index (χ3v) is 4.26. The number of likely N-dealkylation sites (tertiary alicyclic amines) is 1. The molecule has 0 saturated carbocycles. The molecule has 1 aromatic carbocycles. The van der Waals surface area contributed by atoms with Gasteiger partial charge in [-0.15, -0.1) is 0 Å². The number of carbonyl (C=O) groups excluding carboxylic acids is 1. The second-order valence-corrected chi connectivity index (χ2v) is 5.90. The molecule has 0 radical (unpaired) electrons. The van der Waals surface area contributed by atoms with E-state index in [1.54, 1.807) is 0 Å². The summed E-state index contributed by atoms with van der Waals surface area (Å²) in [6.45, 7) is 0.519. The van der Waals surface area contributed by atoms with Crippen LogP contribution in [0.25, 0.3) is 11.5 Å². The molecule has 0 spiro atoms. The number of amides is 1. The quantitative estimate of drug-likeness (QED) is 0.900. The van der Waals surface area contributed by atoms with Gasteiger partial charge in [0, 0.05) is 25.8 Å². The van der Waals surface area contributed by atoms with Crippen LogP contribution in [0, 0.1) is 5.41 Å². The van der Waals surface area contributed by atoms with Crippen molar-refractivity contribution in [2.45, 2.75) is 6.42 Å². The average Bonchev–Trinajstić information content (AvgIpc) is 3.23. The lowest BCUT2D eigenvalue weighted by Gasteiger charge is -2.23. The van der Waals surface area contributed by atoms with E-state index in [0.29, 0.717) is 18.9 Å². The molecule has 0 aliphatic carbocycles. The molecule has 1 saturated heterocycles. The highest BCUT2D eigenvalue weighted by atomic mass is 16.5. The summed E-state index contributed by atoms with van der Waals surface area (Å²) in [5, 5.41) is 9.47. The van der Waals surface area contributed by atoms with Crippen LogP contribution in [0.3, 0.4) is 0 Å². The molecule has 1 atom stereocenters. The van der Waals surface area contributed by atoms with Crippen LogP contribution >= 0.6 is 0 Å². The molecule has 1 N–H and O–H groups in total. The minimum absolute atomic E-state index is 0.0696. The van der Waals surface area contributed by atoms with Gasteiger partial charge in [0.05, 0.1) is 6.61 Å². The molecule has 7 heteroatoms. The number of aliphatic carboxylic acids is 1. The second kappa shape index (κ2) is 6.45. The number of rotatable bonds is 5. The van der Waals surface area contributed by atoms with E-state index < -0.39 is 11.4 Å². The Morgan fingerprint density at radius 3 is 2.79 bits per heavy atom. The fourth-order valence-corrected chi connectivity index (χ4v) is 2.92. The van der Waals surface area contributed by atoms with E-state index in [4.69, 9.17) is 9.15 Å². The van der Waals surface area contributed by atoms with E-state index in [9.17, 15) is 14.7 Å². The Balaban J connectivity index is 1.76. The molecule has 1 aromatic heterocycles. The third kappa shape index (κ3) is 2.90. The topological polar surface area (TPSA) is 92.9 Å². The maximum Gasteiger partial charge on any atom is 0.313 e. The summed E-state index contributed by atoms with van der Waals surface area (Å²) in [5.74, 6) is -0.926. The second-order valence-electron chi connectivity index (χ2n) is 5.90. The number of hydrogen-bond acceptors (Lipinski definition) is 5. The summed E-state index contributed by atoms with van der Waals surface area (Å²) in [4.78, 5) is 29.8. The van der Waals surface area contributed by atoms with Crippen molar-refractivity contribution in [3.8, 4) is 11.5 Å². The summed E-state index contributed by atoms with van der Waals surface area (Å²) in [6.07, 6.45) is 1.66. The smallest absolute Gasteiger partial charge is 0.313 e. The largest absolute Gasteiger partial charge is 0.481 e. The van der Waals surface area contributed by atoms with Crippen LogP contribution in [0.2, 0.25) is 0 Å². The van der Waals surface area contributed by atoms with Gasteiger partial charge in [-0.3, -0.25) is 9.59 Å². The fourth-order valence-electron chi connectivity index (χ4n) is 2.92.